The fourth-order valence-corrected chi connectivity index (χ4v) is 2.13. The Kier molecular flexibility index (Phi) is 3.63. The normalized spacial score (nSPS) is 14.2. The molecule has 1 aliphatic rings. The minimum Gasteiger partial charge on any atom is -0.492 e. The van der Waals surface area contributed by atoms with E-state index in [2.05, 4.69) is 15.0 Å². The minimum absolute atomic E-state index is 0.0657. The summed E-state index contributed by atoms with van der Waals surface area (Å²) in [6.45, 7) is 0. The molecule has 0 unspecified atom stereocenters. The molecule has 0 amide bonds. The smallest absolute Gasteiger partial charge is 0.451 e. The van der Waals surface area contributed by atoms with Crippen molar-refractivity contribution in [2.24, 2.45) is 0 Å². The standard InChI is InChI=1S/C15H8F3N3O3/c1-24-11-4-10(22)12-8(13(11)23)2-3-9(21-12)7-5-19-14(20-6-7)15(16,17)18/h2-6H,1H3. The van der Waals surface area contributed by atoms with Gasteiger partial charge in [-0.1, -0.05) is 0 Å². The number of halogens is 3. The molecule has 2 aromatic rings. The molecule has 6 nitrogen and oxygen atoms in total. The van der Waals surface area contributed by atoms with E-state index >= 15 is 0 Å². The van der Waals surface area contributed by atoms with E-state index in [1.54, 1.807) is 0 Å². The van der Waals surface area contributed by atoms with Crippen LogP contribution in [0, 0.1) is 0 Å². The number of Topliss-reactive ketones (excluding diaryl/α,β-unsaturated/α-hetero) is 1. The summed E-state index contributed by atoms with van der Waals surface area (Å²) in [5.74, 6) is -2.39. The van der Waals surface area contributed by atoms with Gasteiger partial charge in [0.25, 0.3) is 0 Å². The van der Waals surface area contributed by atoms with Gasteiger partial charge in [0.2, 0.25) is 17.4 Å². The second kappa shape index (κ2) is 5.52. The second-order valence-electron chi connectivity index (χ2n) is 4.79. The van der Waals surface area contributed by atoms with E-state index in [-0.39, 0.29) is 28.3 Å². The largest absolute Gasteiger partial charge is 0.492 e. The first-order chi connectivity index (χ1) is 11.3. The van der Waals surface area contributed by atoms with E-state index in [0.29, 0.717) is 0 Å². The molecule has 0 saturated heterocycles. The number of hydrogen-bond acceptors (Lipinski definition) is 6. The third-order valence-electron chi connectivity index (χ3n) is 3.28. The number of ketones is 2. The predicted octanol–water partition coefficient (Wildman–Crippen LogP) is 2.47. The molecular weight excluding hydrogens is 327 g/mol. The zero-order chi connectivity index (χ0) is 17.5. The molecular formula is C15H8F3N3O3. The van der Waals surface area contributed by atoms with Crippen LogP contribution in [0.3, 0.4) is 0 Å². The molecule has 0 radical (unpaired) electrons. The number of nitrogens with zero attached hydrogens (tertiary/aromatic N) is 3. The van der Waals surface area contributed by atoms with Crippen molar-refractivity contribution in [1.82, 2.24) is 15.0 Å². The summed E-state index contributed by atoms with van der Waals surface area (Å²) >= 11 is 0. The summed E-state index contributed by atoms with van der Waals surface area (Å²) in [4.78, 5) is 34.6. The highest BCUT2D eigenvalue weighted by Gasteiger charge is 2.34. The van der Waals surface area contributed by atoms with Gasteiger partial charge in [-0.05, 0) is 12.1 Å². The summed E-state index contributed by atoms with van der Waals surface area (Å²) in [6, 6.07) is 2.76. The Morgan fingerprint density at radius 1 is 1.08 bits per heavy atom. The maximum atomic E-state index is 12.5. The molecule has 122 valence electrons. The average Bonchev–Trinajstić information content (AvgIpc) is 2.57. The van der Waals surface area contributed by atoms with Crippen molar-refractivity contribution in [2.75, 3.05) is 7.11 Å². The van der Waals surface area contributed by atoms with Crippen LogP contribution in [0.15, 0.2) is 36.4 Å². The van der Waals surface area contributed by atoms with Gasteiger partial charge in [-0.3, -0.25) is 9.59 Å². The predicted molar refractivity (Wildman–Crippen MR) is 74.0 cm³/mol. The summed E-state index contributed by atoms with van der Waals surface area (Å²) < 4.78 is 42.2. The van der Waals surface area contributed by atoms with E-state index in [1.165, 1.54) is 19.2 Å². The molecule has 3 rings (SSSR count). The molecule has 0 N–H and O–H groups in total. The Hall–Kier alpha value is -3.10. The summed E-state index contributed by atoms with van der Waals surface area (Å²) in [7, 11) is 1.27. The Labute approximate surface area is 133 Å². The molecule has 1 aliphatic carbocycles. The van der Waals surface area contributed by atoms with Gasteiger partial charge in [0.05, 0.1) is 18.4 Å². The van der Waals surface area contributed by atoms with Gasteiger partial charge in [0.15, 0.2) is 5.76 Å². The second-order valence-corrected chi connectivity index (χ2v) is 4.79. The number of hydrogen-bond donors (Lipinski definition) is 0. The van der Waals surface area contributed by atoms with Gasteiger partial charge >= 0.3 is 6.18 Å². The van der Waals surface area contributed by atoms with Crippen molar-refractivity contribution < 1.29 is 27.5 Å². The highest BCUT2D eigenvalue weighted by atomic mass is 19.4. The third kappa shape index (κ3) is 2.64. The van der Waals surface area contributed by atoms with Crippen LogP contribution < -0.4 is 0 Å². The fourth-order valence-electron chi connectivity index (χ4n) is 2.13. The van der Waals surface area contributed by atoms with E-state index in [1.807, 2.05) is 0 Å². The molecule has 0 spiro atoms. The number of alkyl halides is 3. The highest BCUT2D eigenvalue weighted by molar-refractivity contribution is 6.23. The minimum atomic E-state index is -4.65. The number of carbonyl (C=O) groups excluding carboxylic acids is 2. The number of ether oxygens (including phenoxy) is 1. The maximum Gasteiger partial charge on any atom is 0.451 e. The van der Waals surface area contributed by atoms with Crippen molar-refractivity contribution in [3.05, 3.63) is 53.4 Å². The van der Waals surface area contributed by atoms with Crippen LogP contribution in [0.1, 0.15) is 26.7 Å². The first-order valence-corrected chi connectivity index (χ1v) is 6.56. The van der Waals surface area contributed by atoms with Crippen LogP contribution in [0.2, 0.25) is 0 Å². The van der Waals surface area contributed by atoms with Gasteiger partial charge in [-0.25, -0.2) is 15.0 Å². The Morgan fingerprint density at radius 3 is 2.33 bits per heavy atom. The van der Waals surface area contributed by atoms with Crippen LogP contribution in [0.4, 0.5) is 13.2 Å². The van der Waals surface area contributed by atoms with E-state index in [9.17, 15) is 22.8 Å². The lowest BCUT2D eigenvalue weighted by molar-refractivity contribution is -0.144. The van der Waals surface area contributed by atoms with E-state index in [4.69, 9.17) is 4.74 Å². The van der Waals surface area contributed by atoms with Gasteiger partial charge in [-0.15, -0.1) is 0 Å². The lowest BCUT2D eigenvalue weighted by Crippen LogP contribution is -2.19. The lowest BCUT2D eigenvalue weighted by atomic mass is 9.97. The van der Waals surface area contributed by atoms with E-state index in [0.717, 1.165) is 18.5 Å². The molecule has 24 heavy (non-hydrogen) atoms. The Morgan fingerprint density at radius 2 is 1.75 bits per heavy atom. The molecule has 0 saturated carbocycles. The van der Waals surface area contributed by atoms with Crippen molar-refractivity contribution >= 4 is 11.6 Å². The number of allylic oxidation sites excluding steroid dienone is 2. The zero-order valence-corrected chi connectivity index (χ0v) is 12.1. The first kappa shape index (κ1) is 15.8. The van der Waals surface area contributed by atoms with Crippen LogP contribution in [-0.4, -0.2) is 33.6 Å². The van der Waals surface area contributed by atoms with E-state index < -0.39 is 23.6 Å². The molecule has 0 atom stereocenters. The van der Waals surface area contributed by atoms with Crippen molar-refractivity contribution in [3.63, 3.8) is 0 Å². The number of aromatic nitrogens is 3. The monoisotopic (exact) mass is 335 g/mol. The zero-order valence-electron chi connectivity index (χ0n) is 12.1. The first-order valence-electron chi connectivity index (χ1n) is 6.56. The average molecular weight is 335 g/mol. The van der Waals surface area contributed by atoms with Gasteiger partial charge in [0, 0.05) is 24.0 Å². The molecule has 2 heterocycles. The van der Waals surface area contributed by atoms with Crippen LogP contribution in [-0.2, 0) is 10.9 Å². The highest BCUT2D eigenvalue weighted by Crippen LogP contribution is 2.28. The SMILES string of the molecule is COC1=CC(=O)c2nc(-c3cnc(C(F)(F)F)nc3)ccc2C1=O. The molecule has 2 aromatic heterocycles. The summed E-state index contributed by atoms with van der Waals surface area (Å²) in [5, 5.41) is 0. The van der Waals surface area contributed by atoms with Gasteiger partial charge in [-0.2, -0.15) is 13.2 Å². The Balaban J connectivity index is 2.01. The van der Waals surface area contributed by atoms with Gasteiger partial charge < -0.3 is 4.74 Å². The van der Waals surface area contributed by atoms with Gasteiger partial charge in [0.1, 0.15) is 5.69 Å². The molecule has 0 aliphatic heterocycles. The maximum absolute atomic E-state index is 12.5. The molecule has 9 heteroatoms. The molecule has 0 bridgehead atoms. The number of fused-ring (bicyclic) bond motifs is 1. The molecule has 0 aromatic carbocycles. The number of rotatable bonds is 2. The van der Waals surface area contributed by atoms with Crippen molar-refractivity contribution in [3.8, 4) is 11.3 Å². The molecule has 0 fully saturated rings. The fraction of sp³-hybridized carbons (Fsp3) is 0.133. The van der Waals surface area contributed by atoms with Crippen LogP contribution in [0.5, 0.6) is 0 Å². The topological polar surface area (TPSA) is 82.0 Å². The Bertz CT molecular complexity index is 874. The number of pyridine rings is 1. The van der Waals surface area contributed by atoms with Crippen LogP contribution >= 0.6 is 0 Å². The third-order valence-corrected chi connectivity index (χ3v) is 3.28. The number of carbonyl (C=O) groups is 2. The number of methoxy groups -OCH3 is 1. The van der Waals surface area contributed by atoms with Crippen molar-refractivity contribution in [1.29, 1.82) is 0 Å². The van der Waals surface area contributed by atoms with Crippen molar-refractivity contribution in [2.45, 2.75) is 6.18 Å². The quantitative estimate of drug-likeness (QED) is 0.838. The summed E-state index contributed by atoms with van der Waals surface area (Å²) in [6.07, 6.45) is -1.72. The van der Waals surface area contributed by atoms with Crippen LogP contribution in [0.25, 0.3) is 11.3 Å². The summed E-state index contributed by atoms with van der Waals surface area (Å²) in [5.41, 5.74) is 0.333. The lowest BCUT2D eigenvalue weighted by Gasteiger charge is -2.14.